The molecule has 3 rings (SSSR count). The fraction of sp³-hybridized carbons (Fsp3) is 0.514. The maximum Gasteiger partial charge on any atom is 0.326 e. The Hall–Kier alpha value is -5.21. The number of aliphatic carboxylic acids is 1. The molecule has 1 unspecified atom stereocenters. The van der Waals surface area contributed by atoms with Gasteiger partial charge in [-0.15, -0.1) is 0 Å². The molecule has 270 valence electrons. The van der Waals surface area contributed by atoms with Gasteiger partial charge in [0.15, 0.2) is 0 Å². The van der Waals surface area contributed by atoms with Gasteiger partial charge in [0.1, 0.15) is 29.9 Å². The molecule has 5 N–H and O–H groups in total. The summed E-state index contributed by atoms with van der Waals surface area (Å²) in [6.07, 6.45) is 5.53. The van der Waals surface area contributed by atoms with E-state index in [0.717, 1.165) is 0 Å². The average molecular weight is 694 g/mol. The normalized spacial score (nSPS) is 17.9. The molecule has 0 bridgehead atoms. The second-order valence-corrected chi connectivity index (χ2v) is 12.7. The number of hydrogen-bond donors (Lipinski definition) is 5. The number of nitrogens with zero attached hydrogens (tertiary/aromatic N) is 3. The molecule has 1 fully saturated rings. The molecule has 0 radical (unpaired) electrons. The van der Waals surface area contributed by atoms with Gasteiger partial charge in [-0.2, -0.15) is 0 Å². The zero-order valence-electron chi connectivity index (χ0n) is 29.0. The number of aromatic nitrogens is 2. The van der Waals surface area contributed by atoms with Crippen molar-refractivity contribution in [3.63, 3.8) is 0 Å². The molecule has 15 heteroatoms. The highest BCUT2D eigenvalue weighted by Gasteiger charge is 2.45. The molecule has 50 heavy (non-hydrogen) atoms. The molecule has 5 amide bonds. The minimum Gasteiger partial charge on any atom is -0.480 e. The van der Waals surface area contributed by atoms with E-state index in [4.69, 9.17) is 0 Å². The molecule has 1 aromatic heterocycles. The Bertz CT molecular complexity index is 1520. The van der Waals surface area contributed by atoms with E-state index in [0.29, 0.717) is 24.8 Å². The SMILES string of the molecule is CCCC(NC(=O)[C@@H]1[C@@H](CC)CCN1C(=O)[C@@H](NC(=O)[C@H](C)NC(=O)c1cnccn1)C(C)C)C(=O)C(=O)N[C@@H](Cc1ccccc1)C(=O)O. The lowest BCUT2D eigenvalue weighted by atomic mass is 9.95. The quantitative estimate of drug-likeness (QED) is 0.148. The molecule has 1 aliphatic heterocycles. The van der Waals surface area contributed by atoms with Crippen LogP contribution in [0.1, 0.15) is 76.4 Å². The maximum absolute atomic E-state index is 14.0. The predicted molar refractivity (Wildman–Crippen MR) is 181 cm³/mol. The van der Waals surface area contributed by atoms with E-state index in [9.17, 15) is 38.7 Å². The van der Waals surface area contributed by atoms with Crippen molar-refractivity contribution >= 4 is 41.3 Å². The zero-order valence-corrected chi connectivity index (χ0v) is 29.0. The number of likely N-dealkylation sites (tertiary alicyclic amines) is 1. The van der Waals surface area contributed by atoms with Crippen LogP contribution < -0.4 is 21.3 Å². The summed E-state index contributed by atoms with van der Waals surface area (Å²) in [7, 11) is 0. The van der Waals surface area contributed by atoms with Crippen LogP contribution in [0, 0.1) is 11.8 Å². The Morgan fingerprint density at radius 2 is 1.62 bits per heavy atom. The van der Waals surface area contributed by atoms with Gasteiger partial charge in [0.05, 0.1) is 12.2 Å². The van der Waals surface area contributed by atoms with Gasteiger partial charge in [-0.25, -0.2) is 9.78 Å². The number of hydrogen-bond acceptors (Lipinski definition) is 9. The van der Waals surface area contributed by atoms with E-state index >= 15 is 0 Å². The molecular weight excluding hydrogens is 646 g/mol. The number of amides is 5. The van der Waals surface area contributed by atoms with Crippen molar-refractivity contribution < 1.29 is 38.7 Å². The lowest BCUT2D eigenvalue weighted by Crippen LogP contribution is -2.60. The van der Waals surface area contributed by atoms with Gasteiger partial charge in [0, 0.05) is 25.4 Å². The fourth-order valence-electron chi connectivity index (χ4n) is 5.86. The largest absolute Gasteiger partial charge is 0.480 e. The van der Waals surface area contributed by atoms with Gasteiger partial charge in [0.25, 0.3) is 11.8 Å². The Morgan fingerprint density at radius 1 is 0.920 bits per heavy atom. The number of carbonyl (C=O) groups is 7. The molecular formula is C35H47N7O8. The van der Waals surface area contributed by atoms with Crippen LogP contribution in [0.4, 0.5) is 0 Å². The zero-order chi connectivity index (χ0) is 37.0. The third kappa shape index (κ3) is 10.4. The first kappa shape index (κ1) is 39.2. The Labute approximate surface area is 291 Å². The molecule has 2 heterocycles. The second kappa shape index (κ2) is 18.5. The third-order valence-electron chi connectivity index (χ3n) is 8.69. The lowest BCUT2D eigenvalue weighted by molar-refractivity contribution is -0.146. The van der Waals surface area contributed by atoms with Crippen LogP contribution in [0.2, 0.25) is 0 Å². The highest BCUT2D eigenvalue weighted by molar-refractivity contribution is 6.38. The second-order valence-electron chi connectivity index (χ2n) is 12.7. The molecule has 0 spiro atoms. The molecule has 15 nitrogen and oxygen atoms in total. The van der Waals surface area contributed by atoms with Crippen molar-refractivity contribution in [3.05, 3.63) is 60.2 Å². The van der Waals surface area contributed by atoms with Crippen LogP contribution >= 0.6 is 0 Å². The predicted octanol–water partition coefficient (Wildman–Crippen LogP) is 1.03. The first-order chi connectivity index (χ1) is 23.8. The van der Waals surface area contributed by atoms with Gasteiger partial charge in [-0.3, -0.25) is 33.8 Å². The summed E-state index contributed by atoms with van der Waals surface area (Å²) in [5, 5.41) is 19.9. The van der Waals surface area contributed by atoms with Gasteiger partial charge < -0.3 is 31.3 Å². The van der Waals surface area contributed by atoms with Crippen LogP contribution in [-0.4, -0.2) is 98.0 Å². The van der Waals surface area contributed by atoms with Crippen molar-refractivity contribution in [3.8, 4) is 0 Å². The van der Waals surface area contributed by atoms with Crippen LogP contribution in [0.3, 0.4) is 0 Å². The molecule has 6 atom stereocenters. The average Bonchev–Trinajstić information content (AvgIpc) is 3.54. The van der Waals surface area contributed by atoms with E-state index in [1.165, 1.54) is 30.4 Å². The van der Waals surface area contributed by atoms with Crippen LogP contribution in [-0.2, 0) is 35.2 Å². The number of carboxylic acid groups (broad SMARTS) is 1. The van der Waals surface area contributed by atoms with Crippen molar-refractivity contribution in [2.75, 3.05) is 6.54 Å². The van der Waals surface area contributed by atoms with Crippen LogP contribution in [0.25, 0.3) is 0 Å². The fourth-order valence-corrected chi connectivity index (χ4v) is 5.86. The first-order valence-corrected chi connectivity index (χ1v) is 16.9. The van der Waals surface area contributed by atoms with E-state index in [-0.39, 0.29) is 31.0 Å². The Morgan fingerprint density at radius 3 is 2.20 bits per heavy atom. The Balaban J connectivity index is 1.73. The van der Waals surface area contributed by atoms with Crippen molar-refractivity contribution in [1.29, 1.82) is 0 Å². The van der Waals surface area contributed by atoms with Crippen molar-refractivity contribution in [2.24, 2.45) is 11.8 Å². The molecule has 2 aromatic rings. The maximum atomic E-state index is 14.0. The molecule has 1 aromatic carbocycles. The van der Waals surface area contributed by atoms with Gasteiger partial charge in [-0.05, 0) is 37.2 Å². The summed E-state index contributed by atoms with van der Waals surface area (Å²) in [6.45, 7) is 8.82. The summed E-state index contributed by atoms with van der Waals surface area (Å²) in [4.78, 5) is 101. The Kier molecular flexibility index (Phi) is 14.5. The summed E-state index contributed by atoms with van der Waals surface area (Å²) in [6, 6.07) is 2.96. The van der Waals surface area contributed by atoms with E-state index in [1.54, 1.807) is 51.1 Å². The molecule has 1 aliphatic rings. The van der Waals surface area contributed by atoms with Crippen molar-refractivity contribution in [1.82, 2.24) is 36.1 Å². The van der Waals surface area contributed by atoms with Crippen LogP contribution in [0.15, 0.2) is 48.9 Å². The molecule has 0 saturated carbocycles. The monoisotopic (exact) mass is 693 g/mol. The summed E-state index contributed by atoms with van der Waals surface area (Å²) >= 11 is 0. The van der Waals surface area contributed by atoms with Gasteiger partial charge in [0.2, 0.25) is 23.5 Å². The van der Waals surface area contributed by atoms with Gasteiger partial charge in [-0.1, -0.05) is 70.9 Å². The van der Waals surface area contributed by atoms with E-state index in [1.807, 2.05) is 6.92 Å². The third-order valence-corrected chi connectivity index (χ3v) is 8.69. The smallest absolute Gasteiger partial charge is 0.326 e. The lowest BCUT2D eigenvalue weighted by Gasteiger charge is -2.33. The minimum atomic E-state index is -1.37. The summed E-state index contributed by atoms with van der Waals surface area (Å²) in [5.74, 6) is -6.46. The van der Waals surface area contributed by atoms with Crippen LogP contribution in [0.5, 0.6) is 0 Å². The minimum absolute atomic E-state index is 0.0198. The first-order valence-electron chi connectivity index (χ1n) is 16.9. The molecule has 0 aliphatic carbocycles. The summed E-state index contributed by atoms with van der Waals surface area (Å²) < 4.78 is 0. The number of rotatable bonds is 17. The highest BCUT2D eigenvalue weighted by atomic mass is 16.4. The topological polar surface area (TPSA) is 217 Å². The number of carboxylic acids is 1. The van der Waals surface area contributed by atoms with Gasteiger partial charge >= 0.3 is 5.97 Å². The number of Topliss-reactive ketones (excluding diaryl/α,β-unsaturated/α-hetero) is 1. The van der Waals surface area contributed by atoms with Crippen molar-refractivity contribution in [2.45, 2.75) is 96.9 Å². The number of benzene rings is 1. The number of carbonyl (C=O) groups excluding carboxylic acids is 6. The van der Waals surface area contributed by atoms with E-state index in [2.05, 4.69) is 31.2 Å². The summed E-state index contributed by atoms with van der Waals surface area (Å²) in [5.41, 5.74) is 0.672. The van der Waals surface area contributed by atoms with E-state index < -0.39 is 77.4 Å². The molecule has 1 saturated heterocycles. The number of nitrogens with one attached hydrogen (secondary N) is 4. The number of ketones is 1. The standard InChI is InChI=1S/C35H47N7O8/c1-6-11-24(29(43)33(47)40-25(35(49)50)18-22-12-9-8-10-13-22)39-32(46)28-23(7-2)14-17-42(28)34(48)27(20(3)4)41-30(44)21(5)38-31(45)26-19-36-15-16-37-26/h8-10,12-13,15-16,19-21,23-25,27-28H,6-7,11,14,17-18H2,1-5H3,(H,38,45)(H,39,46)(H,40,47)(H,41,44)(H,49,50)/t21-,23-,24?,25-,27-,28-/m0/s1. The highest BCUT2D eigenvalue weighted by Crippen LogP contribution is 2.29.